The molecule has 126 valence electrons. The number of rotatable bonds is 4. The second kappa shape index (κ2) is 7.49. The van der Waals surface area contributed by atoms with E-state index >= 15 is 0 Å². The fourth-order valence-corrected chi connectivity index (χ4v) is 4.17. The summed E-state index contributed by atoms with van der Waals surface area (Å²) in [6, 6.07) is 8.32. The van der Waals surface area contributed by atoms with Crippen LogP contribution in [0.5, 0.6) is 0 Å². The predicted octanol–water partition coefficient (Wildman–Crippen LogP) is 2.85. The lowest BCUT2D eigenvalue weighted by Crippen LogP contribution is -2.32. The Hall–Kier alpha value is -1.33. The Morgan fingerprint density at radius 2 is 2.35 bits per heavy atom. The summed E-state index contributed by atoms with van der Waals surface area (Å²) in [6.07, 6.45) is 3.53. The second-order valence-electron chi connectivity index (χ2n) is 6.31. The maximum Gasteiger partial charge on any atom is 0.154 e. The van der Waals surface area contributed by atoms with Crippen molar-refractivity contribution in [2.24, 2.45) is 10.7 Å². The molecular weight excluding hydrogens is 306 g/mol. The van der Waals surface area contributed by atoms with Gasteiger partial charge in [-0.05, 0) is 43.9 Å². The topological polar surface area (TPSA) is 67.5 Å². The molecule has 0 radical (unpaired) electrons. The summed E-state index contributed by atoms with van der Waals surface area (Å²) in [4.78, 5) is 17.0. The summed E-state index contributed by atoms with van der Waals surface area (Å²) in [5, 5.41) is 3.93. The maximum absolute atomic E-state index is 12.3. The Labute approximate surface area is 143 Å². The van der Waals surface area contributed by atoms with Crippen LogP contribution in [0.1, 0.15) is 44.7 Å². The lowest BCUT2D eigenvalue weighted by Gasteiger charge is -2.30. The van der Waals surface area contributed by atoms with Gasteiger partial charge in [0.05, 0.1) is 11.6 Å². The summed E-state index contributed by atoms with van der Waals surface area (Å²) in [6.45, 7) is 3.08. The first-order valence-corrected chi connectivity index (χ1v) is 8.89. The number of carbonyl (C=O) groups excluding carboxylic acids is 1. The highest BCUT2D eigenvalue weighted by Crippen LogP contribution is 2.35. The van der Waals surface area contributed by atoms with Crippen LogP contribution in [0.15, 0.2) is 29.3 Å². The van der Waals surface area contributed by atoms with E-state index in [4.69, 9.17) is 5.73 Å². The molecule has 23 heavy (non-hydrogen) atoms. The van der Waals surface area contributed by atoms with Crippen molar-refractivity contribution in [1.29, 1.82) is 0 Å². The minimum absolute atomic E-state index is 0. The molecule has 1 fully saturated rings. The summed E-state index contributed by atoms with van der Waals surface area (Å²) < 4.78 is 0. The first-order valence-electron chi connectivity index (χ1n) is 7.90. The summed E-state index contributed by atoms with van der Waals surface area (Å²) in [5.74, 6) is 1.28. The Morgan fingerprint density at radius 1 is 1.52 bits per heavy atom. The molecule has 4 nitrogen and oxygen atoms in total. The number of nitrogens with two attached hydrogens (primary N) is 1. The number of aliphatic imine (C=N–C) groups is 1. The van der Waals surface area contributed by atoms with Gasteiger partial charge in [0, 0.05) is 12.2 Å². The van der Waals surface area contributed by atoms with Gasteiger partial charge in [-0.1, -0.05) is 43.5 Å². The van der Waals surface area contributed by atoms with Gasteiger partial charge in [-0.2, -0.15) is 0 Å². The first-order chi connectivity index (χ1) is 10.6. The van der Waals surface area contributed by atoms with Gasteiger partial charge in [0.25, 0.3) is 0 Å². The normalized spacial score (nSPS) is 27.2. The zero-order chi connectivity index (χ0) is 15.6. The van der Waals surface area contributed by atoms with Crippen LogP contribution < -0.4 is 11.1 Å². The lowest BCUT2D eigenvalue weighted by molar-refractivity contribution is -0.120. The molecular formula is C18H27N3OS. The average Bonchev–Trinajstić information content (AvgIpc) is 3.01. The van der Waals surface area contributed by atoms with Crippen molar-refractivity contribution in [3.63, 3.8) is 0 Å². The molecule has 1 aromatic carbocycles. The number of hydrogen-bond donors (Lipinski definition) is 2. The van der Waals surface area contributed by atoms with Crippen LogP contribution in [-0.4, -0.2) is 29.3 Å². The fourth-order valence-electron chi connectivity index (χ4n) is 3.19. The monoisotopic (exact) mass is 333 g/mol. The highest BCUT2D eigenvalue weighted by Gasteiger charge is 2.30. The zero-order valence-corrected chi connectivity index (χ0v) is 13.8. The molecule has 2 aliphatic heterocycles. The van der Waals surface area contributed by atoms with Gasteiger partial charge in [0.1, 0.15) is 0 Å². The number of hydrogen-bond acceptors (Lipinski definition) is 5. The highest BCUT2D eigenvalue weighted by atomic mass is 32.2. The highest BCUT2D eigenvalue weighted by molar-refractivity contribution is 8.13. The third-order valence-corrected chi connectivity index (χ3v) is 5.37. The van der Waals surface area contributed by atoms with E-state index in [0.29, 0.717) is 17.4 Å². The van der Waals surface area contributed by atoms with E-state index in [1.807, 2.05) is 12.1 Å². The molecule has 1 saturated heterocycles. The summed E-state index contributed by atoms with van der Waals surface area (Å²) >= 11 is 1.61. The fraction of sp³-hybridized carbons (Fsp3) is 0.556. The number of benzene rings is 1. The quantitative estimate of drug-likeness (QED) is 0.889. The van der Waals surface area contributed by atoms with Gasteiger partial charge in [0.2, 0.25) is 0 Å². The zero-order valence-electron chi connectivity index (χ0n) is 13.0. The van der Waals surface area contributed by atoms with Crippen LogP contribution in [-0.2, 0) is 16.8 Å². The molecule has 0 amide bonds. The van der Waals surface area contributed by atoms with E-state index in [9.17, 15) is 4.79 Å². The van der Waals surface area contributed by atoms with Crippen LogP contribution >= 0.6 is 11.8 Å². The molecule has 0 saturated carbocycles. The number of amidine groups is 1. The van der Waals surface area contributed by atoms with Gasteiger partial charge in [-0.3, -0.25) is 9.79 Å². The third kappa shape index (κ3) is 4.15. The van der Waals surface area contributed by atoms with Crippen LogP contribution in [0.4, 0.5) is 0 Å². The van der Waals surface area contributed by atoms with Crippen LogP contribution in [0.2, 0.25) is 0 Å². The first kappa shape index (κ1) is 18.0. The molecule has 0 spiro atoms. The van der Waals surface area contributed by atoms with Crippen LogP contribution in [0.3, 0.4) is 0 Å². The van der Waals surface area contributed by atoms with Gasteiger partial charge in [-0.15, -0.1) is 0 Å². The van der Waals surface area contributed by atoms with Crippen molar-refractivity contribution >= 4 is 22.7 Å². The summed E-state index contributed by atoms with van der Waals surface area (Å²) in [7, 11) is 0. The Kier molecular flexibility index (Phi) is 5.87. The van der Waals surface area contributed by atoms with E-state index < -0.39 is 0 Å². The number of Topliss-reactive ketones (excluding diaryl/α,β-unsaturated/α-hetero) is 1. The molecule has 0 bridgehead atoms. The van der Waals surface area contributed by atoms with Crippen molar-refractivity contribution in [3.05, 3.63) is 35.4 Å². The predicted molar refractivity (Wildman–Crippen MR) is 99.0 cm³/mol. The summed E-state index contributed by atoms with van der Waals surface area (Å²) in [5.41, 5.74) is 7.86. The van der Waals surface area contributed by atoms with Crippen molar-refractivity contribution in [3.8, 4) is 0 Å². The van der Waals surface area contributed by atoms with E-state index in [1.165, 1.54) is 0 Å². The average molecular weight is 334 g/mol. The minimum atomic E-state index is -0.264. The van der Waals surface area contributed by atoms with Crippen molar-refractivity contribution < 1.29 is 4.79 Å². The number of nitrogens with one attached hydrogen (secondary N) is 1. The number of carbonyl (C=O) groups is 1. The molecule has 3 N–H and O–H groups in total. The smallest absolute Gasteiger partial charge is 0.154 e. The van der Waals surface area contributed by atoms with Gasteiger partial charge >= 0.3 is 0 Å². The van der Waals surface area contributed by atoms with Crippen molar-refractivity contribution in [2.45, 2.75) is 51.6 Å². The molecule has 1 aromatic rings. The number of ketones is 1. The van der Waals surface area contributed by atoms with Crippen molar-refractivity contribution in [2.75, 3.05) is 12.3 Å². The Balaban J connectivity index is 0.00000192. The molecule has 0 unspecified atom stereocenters. The van der Waals surface area contributed by atoms with E-state index in [2.05, 4.69) is 29.4 Å². The molecule has 3 rings (SSSR count). The third-order valence-electron chi connectivity index (χ3n) is 4.57. The van der Waals surface area contributed by atoms with Gasteiger partial charge in [0.15, 0.2) is 11.0 Å². The van der Waals surface area contributed by atoms with E-state index in [1.54, 1.807) is 11.8 Å². The van der Waals surface area contributed by atoms with Gasteiger partial charge < -0.3 is 11.1 Å². The van der Waals surface area contributed by atoms with Gasteiger partial charge in [-0.25, -0.2) is 0 Å². The van der Waals surface area contributed by atoms with E-state index in [0.717, 1.165) is 42.7 Å². The second-order valence-corrected chi connectivity index (χ2v) is 7.43. The maximum atomic E-state index is 12.3. The molecule has 0 aliphatic carbocycles. The molecule has 0 aromatic heterocycles. The van der Waals surface area contributed by atoms with E-state index in [-0.39, 0.29) is 19.0 Å². The van der Waals surface area contributed by atoms with Crippen LogP contribution in [0, 0.1) is 0 Å². The number of thioether (sulfide) groups is 1. The lowest BCUT2D eigenvalue weighted by atomic mass is 9.88. The Bertz CT molecular complexity index is 596. The molecule has 2 heterocycles. The number of nitrogens with zero attached hydrogens (tertiary/aromatic N) is 1. The standard InChI is InChI=1S/C17H23N3OS.CH4/c1-17(7-9-22-16(18)20-17)13-5-2-4-12(10-13)11-15(21)14-6-3-8-19-14;/h2,4-5,10,14,19H,3,6-9,11H2,1H3,(H2,18,20);1H4/t14-,17+;/m1./s1. The molecule has 5 heteroatoms. The SMILES string of the molecule is C.C[C@@]1(c2cccc(CC(=O)[C@H]3CCCN3)c2)CCSC(N)=N1. The largest absolute Gasteiger partial charge is 0.379 e. The molecule has 2 atom stereocenters. The van der Waals surface area contributed by atoms with Crippen molar-refractivity contribution in [1.82, 2.24) is 5.32 Å². The Morgan fingerprint density at radius 3 is 3.04 bits per heavy atom. The molecule has 2 aliphatic rings. The minimum Gasteiger partial charge on any atom is -0.379 e. The van der Waals surface area contributed by atoms with Crippen LogP contribution in [0.25, 0.3) is 0 Å².